The number of piperidine rings is 1. The van der Waals surface area contributed by atoms with E-state index in [1.54, 1.807) is 0 Å². The molecule has 0 aliphatic carbocycles. The fourth-order valence-corrected chi connectivity index (χ4v) is 4.07. The van der Waals surface area contributed by atoms with E-state index in [9.17, 15) is 0 Å². The van der Waals surface area contributed by atoms with Crippen molar-refractivity contribution in [2.24, 2.45) is 0 Å². The molecule has 146 valence electrons. The number of nitrogens with zero attached hydrogens (tertiary/aromatic N) is 3. The number of fused-ring (bicyclic) bond motifs is 1. The summed E-state index contributed by atoms with van der Waals surface area (Å²) in [4.78, 5) is 2.45. The van der Waals surface area contributed by atoms with Crippen molar-refractivity contribution in [3.8, 4) is 0 Å². The maximum Gasteiger partial charge on any atom is 0.494 e. The van der Waals surface area contributed by atoms with Crippen molar-refractivity contribution in [1.82, 2.24) is 14.7 Å². The summed E-state index contributed by atoms with van der Waals surface area (Å²) >= 11 is 0. The average Bonchev–Trinajstić information content (AvgIpc) is 3.07. The number of aromatic nitrogens is 2. The predicted octanol–water partition coefficient (Wildman–Crippen LogP) is 3.38. The van der Waals surface area contributed by atoms with Crippen molar-refractivity contribution in [2.45, 2.75) is 77.2 Å². The van der Waals surface area contributed by atoms with Crippen LogP contribution >= 0.6 is 0 Å². The molecule has 1 unspecified atom stereocenters. The zero-order valence-corrected chi connectivity index (χ0v) is 17.7. The summed E-state index contributed by atoms with van der Waals surface area (Å²) in [6, 6.07) is 6.81. The van der Waals surface area contributed by atoms with Gasteiger partial charge in [-0.2, -0.15) is 5.10 Å². The molecule has 6 heteroatoms. The van der Waals surface area contributed by atoms with Crippen LogP contribution in [0.3, 0.4) is 0 Å². The first kappa shape index (κ1) is 19.0. The summed E-state index contributed by atoms with van der Waals surface area (Å²) in [5.41, 5.74) is 1.60. The summed E-state index contributed by atoms with van der Waals surface area (Å²) in [7, 11) is 1.87. The Labute approximate surface area is 163 Å². The van der Waals surface area contributed by atoms with Gasteiger partial charge in [0.25, 0.3) is 0 Å². The van der Waals surface area contributed by atoms with Gasteiger partial charge in [-0.05, 0) is 73.0 Å². The van der Waals surface area contributed by atoms with Gasteiger partial charge < -0.3 is 14.2 Å². The smallest absolute Gasteiger partial charge is 0.399 e. The highest BCUT2D eigenvalue weighted by atomic mass is 16.7. The SMILES string of the molecule is CN1CCC(n2cc3ccc(B4OC(C)(C)C(C)(C)O4)cc3n2)CC1(C)C. The number of hydrogen-bond donors (Lipinski definition) is 0. The number of likely N-dealkylation sites (tertiary alicyclic amines) is 1. The van der Waals surface area contributed by atoms with Crippen molar-refractivity contribution in [1.29, 1.82) is 0 Å². The quantitative estimate of drug-likeness (QED) is 0.761. The number of rotatable bonds is 2. The molecule has 2 fully saturated rings. The second-order valence-corrected chi connectivity index (χ2v) is 9.90. The van der Waals surface area contributed by atoms with E-state index >= 15 is 0 Å². The summed E-state index contributed by atoms with van der Waals surface area (Å²) in [6.07, 6.45) is 4.44. The molecule has 5 nitrogen and oxygen atoms in total. The van der Waals surface area contributed by atoms with Crippen LogP contribution in [0.1, 0.15) is 60.4 Å². The lowest BCUT2D eigenvalue weighted by molar-refractivity contribution is 0.00578. The highest BCUT2D eigenvalue weighted by molar-refractivity contribution is 6.62. The van der Waals surface area contributed by atoms with Crippen LogP contribution in [0.25, 0.3) is 10.9 Å². The first-order chi connectivity index (χ1) is 12.5. The monoisotopic (exact) mass is 369 g/mol. The van der Waals surface area contributed by atoms with Gasteiger partial charge in [0.15, 0.2) is 0 Å². The lowest BCUT2D eigenvalue weighted by Gasteiger charge is -2.43. The predicted molar refractivity (Wildman–Crippen MR) is 110 cm³/mol. The van der Waals surface area contributed by atoms with Crippen LogP contribution in [0.5, 0.6) is 0 Å². The number of hydrogen-bond acceptors (Lipinski definition) is 4. The minimum atomic E-state index is -0.341. The van der Waals surface area contributed by atoms with E-state index in [1.165, 1.54) is 5.39 Å². The molecule has 2 saturated heterocycles. The van der Waals surface area contributed by atoms with Gasteiger partial charge in [0.1, 0.15) is 0 Å². The minimum absolute atomic E-state index is 0.203. The van der Waals surface area contributed by atoms with Gasteiger partial charge in [-0.1, -0.05) is 12.1 Å². The van der Waals surface area contributed by atoms with Gasteiger partial charge in [0, 0.05) is 23.7 Å². The zero-order chi connectivity index (χ0) is 19.6. The van der Waals surface area contributed by atoms with E-state index in [-0.39, 0.29) is 23.9 Å². The highest BCUT2D eigenvalue weighted by Gasteiger charge is 2.51. The van der Waals surface area contributed by atoms with Crippen LogP contribution in [-0.2, 0) is 9.31 Å². The molecule has 0 N–H and O–H groups in total. The molecule has 0 bridgehead atoms. The molecule has 1 aromatic carbocycles. The molecule has 2 aromatic rings. The Balaban J connectivity index is 1.60. The maximum atomic E-state index is 6.20. The Bertz CT molecular complexity index is 842. The third kappa shape index (κ3) is 3.22. The third-order valence-corrected chi connectivity index (χ3v) is 7.01. The fraction of sp³-hybridized carbons (Fsp3) is 0.667. The second-order valence-electron chi connectivity index (χ2n) is 9.90. The molecule has 0 saturated carbocycles. The zero-order valence-electron chi connectivity index (χ0n) is 17.7. The molecule has 4 rings (SSSR count). The maximum absolute atomic E-state index is 6.20. The Hall–Kier alpha value is -1.37. The van der Waals surface area contributed by atoms with Crippen molar-refractivity contribution >= 4 is 23.5 Å². The van der Waals surface area contributed by atoms with E-state index in [1.807, 2.05) is 0 Å². The van der Waals surface area contributed by atoms with Crippen LogP contribution in [0.4, 0.5) is 0 Å². The van der Waals surface area contributed by atoms with Crippen LogP contribution in [-0.4, -0.2) is 52.1 Å². The Morgan fingerprint density at radius 2 is 1.74 bits per heavy atom. The van der Waals surface area contributed by atoms with E-state index in [0.717, 1.165) is 30.4 Å². The van der Waals surface area contributed by atoms with Crippen LogP contribution in [0, 0.1) is 0 Å². The molecular weight excluding hydrogens is 337 g/mol. The second kappa shape index (κ2) is 6.06. The first-order valence-electron chi connectivity index (χ1n) is 10.0. The van der Waals surface area contributed by atoms with Crippen molar-refractivity contribution in [2.75, 3.05) is 13.6 Å². The Morgan fingerprint density at radius 1 is 1.07 bits per heavy atom. The summed E-state index contributed by atoms with van der Waals surface area (Å²) < 4.78 is 14.6. The first-order valence-corrected chi connectivity index (χ1v) is 10.0. The van der Waals surface area contributed by atoms with Gasteiger partial charge in [0.05, 0.1) is 22.8 Å². The topological polar surface area (TPSA) is 39.5 Å². The lowest BCUT2D eigenvalue weighted by Crippen LogP contribution is -2.47. The molecule has 2 aliphatic heterocycles. The van der Waals surface area contributed by atoms with Gasteiger partial charge in [-0.3, -0.25) is 4.68 Å². The molecule has 1 atom stereocenters. The molecule has 27 heavy (non-hydrogen) atoms. The van der Waals surface area contributed by atoms with E-state index < -0.39 is 0 Å². The van der Waals surface area contributed by atoms with Gasteiger partial charge in [0.2, 0.25) is 0 Å². The van der Waals surface area contributed by atoms with Gasteiger partial charge >= 0.3 is 7.12 Å². The molecule has 0 spiro atoms. The third-order valence-electron chi connectivity index (χ3n) is 7.01. The molecule has 0 radical (unpaired) electrons. The Kier molecular flexibility index (Phi) is 4.26. The summed E-state index contributed by atoms with van der Waals surface area (Å²) in [5, 5.41) is 6.09. The van der Waals surface area contributed by atoms with Crippen LogP contribution in [0.15, 0.2) is 24.4 Å². The van der Waals surface area contributed by atoms with E-state index in [2.05, 4.69) is 82.6 Å². The van der Waals surface area contributed by atoms with Gasteiger partial charge in [-0.15, -0.1) is 0 Å². The van der Waals surface area contributed by atoms with Crippen molar-refractivity contribution in [3.05, 3.63) is 24.4 Å². The Morgan fingerprint density at radius 3 is 2.37 bits per heavy atom. The normalized spacial score (nSPS) is 27.4. The van der Waals surface area contributed by atoms with Crippen molar-refractivity contribution < 1.29 is 9.31 Å². The molecular formula is C21H32BN3O2. The van der Waals surface area contributed by atoms with E-state index in [4.69, 9.17) is 14.4 Å². The lowest BCUT2D eigenvalue weighted by atomic mass is 9.79. The number of benzene rings is 1. The van der Waals surface area contributed by atoms with Crippen molar-refractivity contribution in [3.63, 3.8) is 0 Å². The molecule has 0 amide bonds. The summed E-state index contributed by atoms with van der Waals surface area (Å²) in [6.45, 7) is 14.1. The molecule has 2 aliphatic rings. The van der Waals surface area contributed by atoms with E-state index in [0.29, 0.717) is 6.04 Å². The largest absolute Gasteiger partial charge is 0.494 e. The fourth-order valence-electron chi connectivity index (χ4n) is 4.07. The minimum Gasteiger partial charge on any atom is -0.399 e. The molecule has 3 heterocycles. The van der Waals surface area contributed by atoms with Crippen LogP contribution < -0.4 is 5.46 Å². The highest BCUT2D eigenvalue weighted by Crippen LogP contribution is 2.37. The molecule has 1 aromatic heterocycles. The van der Waals surface area contributed by atoms with Gasteiger partial charge in [-0.25, -0.2) is 0 Å². The van der Waals surface area contributed by atoms with Crippen LogP contribution in [0.2, 0.25) is 0 Å². The standard InChI is InChI=1S/C21H32BN3O2/c1-19(2)13-17(10-11-24(19)7)25-14-15-8-9-16(12-18(15)23-25)22-26-20(3,4)21(5,6)27-22/h8-9,12,14,17H,10-11,13H2,1-7H3. The summed E-state index contributed by atoms with van der Waals surface area (Å²) in [5.74, 6) is 0. The average molecular weight is 369 g/mol.